The Labute approximate surface area is 138 Å². The molecule has 0 saturated heterocycles. The number of nitrogens with two attached hydrogens (primary N) is 1. The Kier molecular flexibility index (Phi) is 4.71. The zero-order valence-corrected chi connectivity index (χ0v) is 13.0. The SMILES string of the molecule is COc1ccccc1/C(N)=N/OCc1noc(-c2ccccc2)n1. The zero-order chi connectivity index (χ0) is 16.8. The summed E-state index contributed by atoms with van der Waals surface area (Å²) in [6.07, 6.45) is 0. The van der Waals surface area contributed by atoms with Crippen molar-refractivity contribution in [2.45, 2.75) is 6.61 Å². The van der Waals surface area contributed by atoms with Gasteiger partial charge in [-0.3, -0.25) is 0 Å². The van der Waals surface area contributed by atoms with Crippen molar-refractivity contribution in [3.8, 4) is 17.2 Å². The highest BCUT2D eigenvalue weighted by molar-refractivity contribution is 5.99. The third-order valence-electron chi connectivity index (χ3n) is 3.23. The van der Waals surface area contributed by atoms with Gasteiger partial charge in [-0.1, -0.05) is 40.6 Å². The van der Waals surface area contributed by atoms with E-state index in [0.29, 0.717) is 23.0 Å². The van der Waals surface area contributed by atoms with Crippen LogP contribution in [0.15, 0.2) is 64.3 Å². The second kappa shape index (κ2) is 7.28. The van der Waals surface area contributed by atoms with Crippen molar-refractivity contribution >= 4 is 5.84 Å². The van der Waals surface area contributed by atoms with E-state index in [1.807, 2.05) is 42.5 Å². The predicted octanol–water partition coefficient (Wildman–Crippen LogP) is 2.58. The minimum atomic E-state index is 0.0478. The van der Waals surface area contributed by atoms with Gasteiger partial charge in [0, 0.05) is 5.56 Å². The summed E-state index contributed by atoms with van der Waals surface area (Å²) < 4.78 is 10.4. The third kappa shape index (κ3) is 3.52. The lowest BCUT2D eigenvalue weighted by Crippen LogP contribution is -2.15. The van der Waals surface area contributed by atoms with Crippen LogP contribution in [-0.2, 0) is 11.4 Å². The topological polar surface area (TPSA) is 95.8 Å². The first-order chi connectivity index (χ1) is 11.8. The molecule has 0 aliphatic carbocycles. The molecule has 3 rings (SSSR count). The molecular weight excluding hydrogens is 308 g/mol. The van der Waals surface area contributed by atoms with Gasteiger partial charge in [-0.2, -0.15) is 4.98 Å². The van der Waals surface area contributed by atoms with E-state index in [2.05, 4.69) is 15.3 Å². The minimum Gasteiger partial charge on any atom is -0.496 e. The van der Waals surface area contributed by atoms with Gasteiger partial charge in [0.15, 0.2) is 12.4 Å². The van der Waals surface area contributed by atoms with Crippen LogP contribution in [0.25, 0.3) is 11.5 Å². The Morgan fingerprint density at radius 1 is 1.12 bits per heavy atom. The van der Waals surface area contributed by atoms with Crippen LogP contribution in [0, 0.1) is 0 Å². The molecule has 1 heterocycles. The number of hydrogen-bond donors (Lipinski definition) is 1. The molecular formula is C17H16N4O3. The Balaban J connectivity index is 1.65. The first-order valence-corrected chi connectivity index (χ1v) is 7.25. The van der Waals surface area contributed by atoms with Crippen LogP contribution in [0.5, 0.6) is 5.75 Å². The van der Waals surface area contributed by atoms with Crippen LogP contribution in [0.4, 0.5) is 0 Å². The molecule has 3 aromatic rings. The van der Waals surface area contributed by atoms with Gasteiger partial charge in [0.25, 0.3) is 5.89 Å². The summed E-state index contributed by atoms with van der Waals surface area (Å²) in [6, 6.07) is 16.8. The number of para-hydroxylation sites is 1. The van der Waals surface area contributed by atoms with Gasteiger partial charge < -0.3 is 19.8 Å². The highest BCUT2D eigenvalue weighted by atomic mass is 16.6. The fourth-order valence-corrected chi connectivity index (χ4v) is 2.08. The molecule has 0 spiro atoms. The summed E-state index contributed by atoms with van der Waals surface area (Å²) in [6.45, 7) is 0.0478. The van der Waals surface area contributed by atoms with Gasteiger partial charge in [-0.05, 0) is 24.3 Å². The molecule has 0 aliphatic rings. The van der Waals surface area contributed by atoms with Crippen molar-refractivity contribution < 1.29 is 14.1 Å². The molecule has 7 heteroatoms. The van der Waals surface area contributed by atoms with Crippen molar-refractivity contribution in [1.29, 1.82) is 0 Å². The van der Waals surface area contributed by atoms with E-state index in [9.17, 15) is 0 Å². The minimum absolute atomic E-state index is 0.0478. The number of aromatic nitrogens is 2. The Morgan fingerprint density at radius 3 is 2.67 bits per heavy atom. The number of nitrogens with zero attached hydrogens (tertiary/aromatic N) is 3. The maximum absolute atomic E-state index is 5.91. The third-order valence-corrected chi connectivity index (χ3v) is 3.23. The molecule has 0 atom stereocenters. The van der Waals surface area contributed by atoms with Crippen LogP contribution in [0.2, 0.25) is 0 Å². The lowest BCUT2D eigenvalue weighted by atomic mass is 10.2. The molecule has 0 unspecified atom stereocenters. The quantitative estimate of drug-likeness (QED) is 0.425. The Morgan fingerprint density at radius 2 is 1.88 bits per heavy atom. The van der Waals surface area contributed by atoms with Crippen LogP contribution >= 0.6 is 0 Å². The molecule has 0 bridgehead atoms. The van der Waals surface area contributed by atoms with Crippen molar-refractivity contribution in [3.63, 3.8) is 0 Å². The van der Waals surface area contributed by atoms with Gasteiger partial charge in [0.2, 0.25) is 5.82 Å². The number of amidine groups is 1. The smallest absolute Gasteiger partial charge is 0.258 e. The summed E-state index contributed by atoms with van der Waals surface area (Å²) in [5.74, 6) is 1.63. The van der Waals surface area contributed by atoms with E-state index >= 15 is 0 Å². The summed E-state index contributed by atoms with van der Waals surface area (Å²) in [4.78, 5) is 9.45. The molecule has 0 amide bonds. The van der Waals surface area contributed by atoms with Crippen molar-refractivity contribution in [2.24, 2.45) is 10.9 Å². The van der Waals surface area contributed by atoms with Gasteiger partial charge in [-0.25, -0.2) is 0 Å². The summed E-state index contributed by atoms with van der Waals surface area (Å²) in [7, 11) is 1.57. The molecule has 0 saturated carbocycles. The van der Waals surface area contributed by atoms with Crippen LogP contribution in [-0.4, -0.2) is 23.1 Å². The molecule has 0 aliphatic heterocycles. The van der Waals surface area contributed by atoms with E-state index < -0.39 is 0 Å². The first kappa shape index (κ1) is 15.5. The standard InChI is InChI=1S/C17H16N4O3/c1-22-14-10-6-5-9-13(14)16(18)21-23-11-15-19-17(24-20-15)12-7-3-2-4-8-12/h2-10H,11H2,1H3,(H2,18,21). The lowest BCUT2D eigenvalue weighted by molar-refractivity contribution is 0.122. The zero-order valence-electron chi connectivity index (χ0n) is 13.0. The first-order valence-electron chi connectivity index (χ1n) is 7.25. The van der Waals surface area contributed by atoms with E-state index in [1.165, 1.54) is 0 Å². The highest BCUT2D eigenvalue weighted by Crippen LogP contribution is 2.18. The number of benzene rings is 2. The van der Waals surface area contributed by atoms with Crippen LogP contribution in [0.3, 0.4) is 0 Å². The van der Waals surface area contributed by atoms with E-state index in [4.69, 9.17) is 19.8 Å². The number of ether oxygens (including phenoxy) is 1. The fourth-order valence-electron chi connectivity index (χ4n) is 2.08. The van der Waals surface area contributed by atoms with Crippen LogP contribution in [0.1, 0.15) is 11.4 Å². The highest BCUT2D eigenvalue weighted by Gasteiger charge is 2.10. The Bertz CT molecular complexity index is 831. The molecule has 24 heavy (non-hydrogen) atoms. The largest absolute Gasteiger partial charge is 0.496 e. The summed E-state index contributed by atoms with van der Waals surface area (Å²) >= 11 is 0. The van der Waals surface area contributed by atoms with Gasteiger partial charge in [-0.15, -0.1) is 0 Å². The van der Waals surface area contributed by atoms with Crippen LogP contribution < -0.4 is 10.5 Å². The Hall–Kier alpha value is -3.35. The number of oxime groups is 1. The second-order valence-electron chi connectivity index (χ2n) is 4.83. The molecule has 0 radical (unpaired) electrons. The van der Waals surface area contributed by atoms with E-state index in [-0.39, 0.29) is 12.4 Å². The molecule has 2 aromatic carbocycles. The number of hydrogen-bond acceptors (Lipinski definition) is 6. The average Bonchev–Trinajstić information content (AvgIpc) is 3.11. The van der Waals surface area contributed by atoms with Crippen molar-refractivity contribution in [3.05, 3.63) is 66.0 Å². The maximum Gasteiger partial charge on any atom is 0.258 e. The van der Waals surface area contributed by atoms with E-state index in [1.54, 1.807) is 19.2 Å². The fraction of sp³-hybridized carbons (Fsp3) is 0.118. The predicted molar refractivity (Wildman–Crippen MR) is 88.2 cm³/mol. The number of rotatable bonds is 6. The molecule has 1 aromatic heterocycles. The van der Waals surface area contributed by atoms with Gasteiger partial charge in [0.05, 0.1) is 12.7 Å². The average molecular weight is 324 g/mol. The monoisotopic (exact) mass is 324 g/mol. The number of methoxy groups -OCH3 is 1. The summed E-state index contributed by atoms with van der Waals surface area (Å²) in [5.41, 5.74) is 7.40. The van der Waals surface area contributed by atoms with Crippen molar-refractivity contribution in [1.82, 2.24) is 10.1 Å². The normalized spacial score (nSPS) is 11.3. The molecule has 0 fully saturated rings. The van der Waals surface area contributed by atoms with Gasteiger partial charge >= 0.3 is 0 Å². The van der Waals surface area contributed by atoms with E-state index in [0.717, 1.165) is 5.56 Å². The summed E-state index contributed by atoms with van der Waals surface area (Å²) in [5, 5.41) is 7.72. The lowest BCUT2D eigenvalue weighted by Gasteiger charge is -2.06. The van der Waals surface area contributed by atoms with Gasteiger partial charge in [0.1, 0.15) is 5.75 Å². The molecule has 7 nitrogen and oxygen atoms in total. The van der Waals surface area contributed by atoms with Crippen molar-refractivity contribution in [2.75, 3.05) is 7.11 Å². The molecule has 2 N–H and O–H groups in total. The maximum atomic E-state index is 5.91. The second-order valence-corrected chi connectivity index (χ2v) is 4.83. The molecule has 122 valence electrons.